The molecule has 12 heavy (non-hydrogen) atoms. The van der Waals surface area contributed by atoms with Crippen molar-refractivity contribution in [3.05, 3.63) is 16.6 Å². The third-order valence-corrected chi connectivity index (χ3v) is 4.01. The van der Waals surface area contributed by atoms with Gasteiger partial charge in [-0.15, -0.1) is 11.3 Å². The van der Waals surface area contributed by atoms with Gasteiger partial charge < -0.3 is 4.79 Å². The summed E-state index contributed by atoms with van der Waals surface area (Å²) >= 11 is 1.47. The predicted octanol–water partition coefficient (Wildman–Crippen LogP) is 1.15. The molecule has 1 aromatic heterocycles. The zero-order valence-corrected chi connectivity index (χ0v) is 8.23. The number of carbonyl (C=O) groups excluding carboxylic acids is 1. The molecule has 66 valence electrons. The molecule has 0 amide bonds. The molecule has 2 atom stereocenters. The first kappa shape index (κ1) is 9.54. The number of aromatic nitrogens is 1. The number of hydrogen-bond donors (Lipinski definition) is 0. The Hall–Kier alpha value is -0.550. The highest BCUT2D eigenvalue weighted by Crippen LogP contribution is 2.20. The Morgan fingerprint density at radius 2 is 2.58 bits per heavy atom. The SMILES string of the molecule is CC(c1nccs1)S(=O)CC=O. The van der Waals surface area contributed by atoms with Crippen molar-refractivity contribution in [2.45, 2.75) is 12.2 Å². The standard InChI is InChI=1S/C7H9NO2S2/c1-6(12(10)5-3-9)7-8-2-4-11-7/h2-4,6H,5H2,1H3. The van der Waals surface area contributed by atoms with Crippen LogP contribution in [0.3, 0.4) is 0 Å². The highest BCUT2D eigenvalue weighted by Gasteiger charge is 2.14. The first-order valence-corrected chi connectivity index (χ1v) is 5.72. The number of hydrogen-bond acceptors (Lipinski definition) is 4. The lowest BCUT2D eigenvalue weighted by molar-refractivity contribution is -0.105. The van der Waals surface area contributed by atoms with Crippen molar-refractivity contribution in [1.82, 2.24) is 4.98 Å². The van der Waals surface area contributed by atoms with E-state index < -0.39 is 10.8 Å². The van der Waals surface area contributed by atoms with Gasteiger partial charge in [0.2, 0.25) is 0 Å². The van der Waals surface area contributed by atoms with Crippen LogP contribution >= 0.6 is 11.3 Å². The molecule has 0 bridgehead atoms. The minimum atomic E-state index is -1.11. The number of nitrogens with zero attached hydrogens (tertiary/aromatic N) is 1. The van der Waals surface area contributed by atoms with Gasteiger partial charge in [0.15, 0.2) is 0 Å². The van der Waals surface area contributed by atoms with Gasteiger partial charge in [-0.1, -0.05) is 0 Å². The van der Waals surface area contributed by atoms with E-state index >= 15 is 0 Å². The molecule has 0 aliphatic rings. The van der Waals surface area contributed by atoms with Crippen LogP contribution in [0.4, 0.5) is 0 Å². The van der Waals surface area contributed by atoms with Crippen LogP contribution in [0.2, 0.25) is 0 Å². The van der Waals surface area contributed by atoms with E-state index in [0.29, 0.717) is 6.29 Å². The molecule has 5 heteroatoms. The monoisotopic (exact) mass is 203 g/mol. The quantitative estimate of drug-likeness (QED) is 0.690. The van der Waals surface area contributed by atoms with Crippen molar-refractivity contribution in [1.29, 1.82) is 0 Å². The van der Waals surface area contributed by atoms with E-state index in [9.17, 15) is 9.00 Å². The molecule has 0 saturated heterocycles. The fourth-order valence-electron chi connectivity index (χ4n) is 0.759. The van der Waals surface area contributed by atoms with E-state index in [4.69, 9.17) is 0 Å². The maximum absolute atomic E-state index is 11.3. The van der Waals surface area contributed by atoms with Gasteiger partial charge in [0.25, 0.3) is 0 Å². The first-order chi connectivity index (χ1) is 5.75. The normalized spacial score (nSPS) is 15.4. The van der Waals surface area contributed by atoms with Crippen LogP contribution in [0.5, 0.6) is 0 Å². The summed E-state index contributed by atoms with van der Waals surface area (Å²) in [6, 6.07) is 0. The Morgan fingerprint density at radius 1 is 1.83 bits per heavy atom. The minimum absolute atomic E-state index is 0.0980. The fourth-order valence-corrected chi connectivity index (χ4v) is 2.53. The molecule has 0 N–H and O–H groups in total. The molecule has 1 aromatic rings. The number of carbonyl (C=O) groups is 1. The summed E-state index contributed by atoms with van der Waals surface area (Å²) in [4.78, 5) is 14.1. The number of thiazole rings is 1. The number of rotatable bonds is 4. The Morgan fingerprint density at radius 3 is 3.08 bits per heavy atom. The topological polar surface area (TPSA) is 47.0 Å². The van der Waals surface area contributed by atoms with Crippen molar-refractivity contribution in [2.75, 3.05) is 5.75 Å². The predicted molar refractivity (Wildman–Crippen MR) is 49.6 cm³/mol. The van der Waals surface area contributed by atoms with Crippen LogP contribution in [-0.2, 0) is 15.6 Å². The van der Waals surface area contributed by atoms with Crippen LogP contribution in [0.15, 0.2) is 11.6 Å². The molecule has 0 aromatic carbocycles. The van der Waals surface area contributed by atoms with Crippen molar-refractivity contribution in [3.8, 4) is 0 Å². The summed E-state index contributed by atoms with van der Waals surface area (Å²) < 4.78 is 11.3. The average Bonchev–Trinajstić information content (AvgIpc) is 2.55. The Labute approximate surface area is 77.3 Å². The van der Waals surface area contributed by atoms with Crippen LogP contribution < -0.4 is 0 Å². The molecular weight excluding hydrogens is 194 g/mol. The fraction of sp³-hybridized carbons (Fsp3) is 0.429. The zero-order chi connectivity index (χ0) is 8.97. The Kier molecular flexibility index (Phi) is 3.55. The van der Waals surface area contributed by atoms with E-state index in [1.165, 1.54) is 11.3 Å². The molecule has 2 unspecified atom stereocenters. The summed E-state index contributed by atoms with van der Waals surface area (Å²) in [6.07, 6.45) is 2.36. The van der Waals surface area contributed by atoms with E-state index in [0.717, 1.165) is 5.01 Å². The molecule has 0 saturated carbocycles. The lowest BCUT2D eigenvalue weighted by Gasteiger charge is -2.04. The third kappa shape index (κ3) is 2.22. The summed E-state index contributed by atoms with van der Waals surface area (Å²) in [5, 5.41) is 2.54. The smallest absolute Gasteiger partial charge is 0.132 e. The highest BCUT2D eigenvalue weighted by molar-refractivity contribution is 7.86. The second-order valence-corrected chi connectivity index (χ2v) is 4.95. The van der Waals surface area contributed by atoms with Gasteiger partial charge in [-0.3, -0.25) is 4.21 Å². The maximum atomic E-state index is 11.3. The summed E-state index contributed by atoms with van der Waals surface area (Å²) in [7, 11) is -1.11. The minimum Gasteiger partial charge on any atom is -0.302 e. The van der Waals surface area contributed by atoms with Crippen molar-refractivity contribution in [3.63, 3.8) is 0 Å². The van der Waals surface area contributed by atoms with E-state index in [1.807, 2.05) is 12.3 Å². The second-order valence-electron chi connectivity index (χ2n) is 2.23. The molecule has 0 aliphatic carbocycles. The molecule has 1 rings (SSSR count). The third-order valence-electron chi connectivity index (χ3n) is 1.43. The molecule has 1 heterocycles. The van der Waals surface area contributed by atoms with Gasteiger partial charge in [-0.25, -0.2) is 4.98 Å². The summed E-state index contributed by atoms with van der Waals surface area (Å²) in [6.45, 7) is 1.82. The average molecular weight is 203 g/mol. The highest BCUT2D eigenvalue weighted by atomic mass is 32.2. The number of aldehydes is 1. The lowest BCUT2D eigenvalue weighted by Crippen LogP contribution is -2.06. The molecule has 3 nitrogen and oxygen atoms in total. The van der Waals surface area contributed by atoms with Gasteiger partial charge in [0, 0.05) is 22.4 Å². The van der Waals surface area contributed by atoms with Gasteiger partial charge in [0.1, 0.15) is 11.3 Å². The van der Waals surface area contributed by atoms with Crippen LogP contribution in [-0.4, -0.2) is 21.2 Å². The molecule has 0 fully saturated rings. The van der Waals surface area contributed by atoms with Gasteiger partial charge in [0.05, 0.1) is 11.0 Å². The molecular formula is C7H9NO2S2. The van der Waals surface area contributed by atoms with Gasteiger partial charge >= 0.3 is 0 Å². The Balaban J connectivity index is 2.65. The van der Waals surface area contributed by atoms with E-state index in [1.54, 1.807) is 6.20 Å². The zero-order valence-electron chi connectivity index (χ0n) is 6.60. The van der Waals surface area contributed by atoms with Crippen LogP contribution in [0.25, 0.3) is 0 Å². The Bertz CT molecular complexity index is 271. The second kappa shape index (κ2) is 4.47. The van der Waals surface area contributed by atoms with Gasteiger partial charge in [-0.05, 0) is 6.92 Å². The maximum Gasteiger partial charge on any atom is 0.132 e. The summed E-state index contributed by atoms with van der Waals surface area (Å²) in [5.41, 5.74) is 0. The van der Waals surface area contributed by atoms with Crippen LogP contribution in [0.1, 0.15) is 17.2 Å². The van der Waals surface area contributed by atoms with Crippen molar-refractivity contribution in [2.24, 2.45) is 0 Å². The van der Waals surface area contributed by atoms with Gasteiger partial charge in [-0.2, -0.15) is 0 Å². The molecule has 0 radical (unpaired) electrons. The van der Waals surface area contributed by atoms with E-state index in [2.05, 4.69) is 4.98 Å². The first-order valence-electron chi connectivity index (χ1n) is 3.46. The van der Waals surface area contributed by atoms with Crippen molar-refractivity contribution < 1.29 is 9.00 Å². The molecule has 0 aliphatic heterocycles. The largest absolute Gasteiger partial charge is 0.302 e. The summed E-state index contributed by atoms with van der Waals surface area (Å²) in [5.74, 6) is 0.0980. The van der Waals surface area contributed by atoms with E-state index in [-0.39, 0.29) is 11.0 Å². The lowest BCUT2D eigenvalue weighted by atomic mass is 10.5. The van der Waals surface area contributed by atoms with Crippen molar-refractivity contribution >= 4 is 28.4 Å². The van der Waals surface area contributed by atoms with Crippen LogP contribution in [0, 0.1) is 0 Å². The molecule has 0 spiro atoms.